The van der Waals surface area contributed by atoms with E-state index >= 15 is 0 Å². The molecule has 20 heavy (non-hydrogen) atoms. The average molecular weight is 284 g/mol. The van der Waals surface area contributed by atoms with Crippen LogP contribution < -0.4 is 0 Å². The van der Waals surface area contributed by atoms with E-state index in [0.717, 1.165) is 18.8 Å². The van der Waals surface area contributed by atoms with Crippen LogP contribution in [0.25, 0.3) is 0 Å². The lowest BCUT2D eigenvalue weighted by atomic mass is 10.1. The predicted molar refractivity (Wildman–Crippen MR) is 86.9 cm³/mol. The molecule has 0 N–H and O–H groups in total. The molecule has 1 saturated carbocycles. The minimum Gasteiger partial charge on any atom is -0.469 e. The summed E-state index contributed by atoms with van der Waals surface area (Å²) in [6.07, 6.45) is 16.9. The molecule has 0 aromatic carbocycles. The van der Waals surface area contributed by atoms with Gasteiger partial charge < -0.3 is 4.74 Å². The van der Waals surface area contributed by atoms with Crippen LogP contribution in [0.3, 0.4) is 0 Å². The molecule has 1 aliphatic carbocycles. The van der Waals surface area contributed by atoms with E-state index in [1.165, 1.54) is 71.3 Å². The topological polar surface area (TPSA) is 26.3 Å². The SMILES string of the molecule is CCCCCCC1CC1.CCCCCCCC(=O)OC. The zero-order valence-corrected chi connectivity index (χ0v) is 14.1. The van der Waals surface area contributed by atoms with Gasteiger partial charge in [-0.3, -0.25) is 4.79 Å². The normalized spacial score (nSPS) is 13.6. The summed E-state index contributed by atoms with van der Waals surface area (Å²) in [6.45, 7) is 4.46. The van der Waals surface area contributed by atoms with Crippen molar-refractivity contribution in [2.75, 3.05) is 7.11 Å². The van der Waals surface area contributed by atoms with E-state index in [2.05, 4.69) is 18.6 Å². The summed E-state index contributed by atoms with van der Waals surface area (Å²) in [6, 6.07) is 0. The molecule has 1 fully saturated rings. The van der Waals surface area contributed by atoms with Crippen molar-refractivity contribution in [1.82, 2.24) is 0 Å². The number of carbonyl (C=O) groups excluding carboxylic acids is 1. The molecular weight excluding hydrogens is 248 g/mol. The highest BCUT2D eigenvalue weighted by atomic mass is 16.5. The van der Waals surface area contributed by atoms with Crippen molar-refractivity contribution in [1.29, 1.82) is 0 Å². The van der Waals surface area contributed by atoms with E-state index in [1.807, 2.05) is 0 Å². The lowest BCUT2D eigenvalue weighted by Gasteiger charge is -1.98. The number of unbranched alkanes of at least 4 members (excludes halogenated alkanes) is 7. The fourth-order valence-corrected chi connectivity index (χ4v) is 2.24. The summed E-state index contributed by atoms with van der Waals surface area (Å²) in [4.78, 5) is 10.6. The van der Waals surface area contributed by atoms with Crippen molar-refractivity contribution in [3.63, 3.8) is 0 Å². The maximum absolute atomic E-state index is 10.6. The fourth-order valence-electron chi connectivity index (χ4n) is 2.24. The molecule has 0 bridgehead atoms. The predicted octanol–water partition coefficient (Wildman–Crippen LogP) is 5.89. The van der Waals surface area contributed by atoms with Crippen LogP contribution in [-0.4, -0.2) is 13.1 Å². The van der Waals surface area contributed by atoms with Crippen LogP contribution in [0.1, 0.15) is 97.3 Å². The lowest BCUT2D eigenvalue weighted by Crippen LogP contribution is -1.98. The Balaban J connectivity index is 0.000000367. The van der Waals surface area contributed by atoms with Gasteiger partial charge in [-0.15, -0.1) is 0 Å². The highest BCUT2D eigenvalue weighted by Crippen LogP contribution is 2.33. The molecule has 1 rings (SSSR count). The first kappa shape index (κ1) is 19.5. The van der Waals surface area contributed by atoms with Crippen molar-refractivity contribution in [2.45, 2.75) is 97.3 Å². The van der Waals surface area contributed by atoms with Crippen LogP contribution in [-0.2, 0) is 9.53 Å². The van der Waals surface area contributed by atoms with E-state index in [1.54, 1.807) is 0 Å². The van der Waals surface area contributed by atoms with Crippen molar-refractivity contribution in [2.24, 2.45) is 5.92 Å². The van der Waals surface area contributed by atoms with E-state index in [0.29, 0.717) is 6.42 Å². The molecule has 2 nitrogen and oxygen atoms in total. The number of hydrogen-bond donors (Lipinski definition) is 0. The van der Waals surface area contributed by atoms with Crippen LogP contribution in [0.5, 0.6) is 0 Å². The smallest absolute Gasteiger partial charge is 0.305 e. The maximum atomic E-state index is 10.6. The number of hydrogen-bond acceptors (Lipinski definition) is 2. The molecule has 120 valence electrons. The second-order valence-corrected chi connectivity index (χ2v) is 6.03. The molecular formula is C18H36O2. The van der Waals surface area contributed by atoms with E-state index in [9.17, 15) is 4.79 Å². The van der Waals surface area contributed by atoms with Crippen LogP contribution in [0, 0.1) is 5.92 Å². The Morgan fingerprint density at radius 1 is 0.900 bits per heavy atom. The third-order valence-electron chi connectivity index (χ3n) is 3.87. The average Bonchev–Trinajstić information content (AvgIpc) is 3.28. The summed E-state index contributed by atoms with van der Waals surface area (Å²) in [5.41, 5.74) is 0. The summed E-state index contributed by atoms with van der Waals surface area (Å²) in [7, 11) is 1.44. The fraction of sp³-hybridized carbons (Fsp3) is 0.944. The first-order chi connectivity index (χ1) is 9.74. The van der Waals surface area contributed by atoms with Crippen LogP contribution in [0.4, 0.5) is 0 Å². The number of methoxy groups -OCH3 is 1. The van der Waals surface area contributed by atoms with Gasteiger partial charge in [0.2, 0.25) is 0 Å². The Kier molecular flexibility index (Phi) is 14.5. The molecule has 0 amide bonds. The Hall–Kier alpha value is -0.530. The molecule has 1 aliphatic rings. The molecule has 0 aromatic rings. The Morgan fingerprint density at radius 2 is 1.45 bits per heavy atom. The molecule has 2 heteroatoms. The lowest BCUT2D eigenvalue weighted by molar-refractivity contribution is -0.140. The third-order valence-corrected chi connectivity index (χ3v) is 3.87. The van der Waals surface area contributed by atoms with Gasteiger partial charge in [0, 0.05) is 6.42 Å². The first-order valence-electron chi connectivity index (χ1n) is 8.81. The molecule has 0 saturated heterocycles. The summed E-state index contributed by atoms with van der Waals surface area (Å²) in [5, 5.41) is 0. The summed E-state index contributed by atoms with van der Waals surface area (Å²) in [5.74, 6) is 1.07. The molecule has 0 unspecified atom stereocenters. The van der Waals surface area contributed by atoms with Gasteiger partial charge in [-0.25, -0.2) is 0 Å². The van der Waals surface area contributed by atoms with Gasteiger partial charge in [0.25, 0.3) is 0 Å². The van der Waals surface area contributed by atoms with Crippen LogP contribution in [0.2, 0.25) is 0 Å². The van der Waals surface area contributed by atoms with Crippen LogP contribution in [0.15, 0.2) is 0 Å². The highest BCUT2D eigenvalue weighted by molar-refractivity contribution is 5.68. The Labute approximate surface area is 126 Å². The second kappa shape index (κ2) is 14.9. The standard InChI is InChI=1S/C9H18O2.C9H18/c1-3-4-5-6-7-8-9(10)11-2;1-2-3-4-5-6-9-7-8-9/h3-8H2,1-2H3;9H,2-8H2,1H3. The van der Waals surface area contributed by atoms with Crippen molar-refractivity contribution >= 4 is 5.97 Å². The number of rotatable bonds is 11. The van der Waals surface area contributed by atoms with Gasteiger partial charge in [0.1, 0.15) is 0 Å². The quantitative estimate of drug-likeness (QED) is 0.349. The van der Waals surface area contributed by atoms with E-state index in [-0.39, 0.29) is 5.97 Å². The second-order valence-electron chi connectivity index (χ2n) is 6.03. The minimum atomic E-state index is -0.0819. The maximum Gasteiger partial charge on any atom is 0.305 e. The monoisotopic (exact) mass is 284 g/mol. The van der Waals surface area contributed by atoms with Crippen molar-refractivity contribution in [3.05, 3.63) is 0 Å². The van der Waals surface area contributed by atoms with Crippen molar-refractivity contribution < 1.29 is 9.53 Å². The van der Waals surface area contributed by atoms with Gasteiger partial charge in [0.15, 0.2) is 0 Å². The molecule has 0 heterocycles. The van der Waals surface area contributed by atoms with Gasteiger partial charge in [-0.05, 0) is 12.3 Å². The number of carbonyl (C=O) groups is 1. The minimum absolute atomic E-state index is 0.0819. The molecule has 0 radical (unpaired) electrons. The van der Waals surface area contributed by atoms with Gasteiger partial charge in [-0.1, -0.05) is 84.5 Å². The molecule has 0 atom stereocenters. The zero-order valence-electron chi connectivity index (χ0n) is 14.1. The van der Waals surface area contributed by atoms with Gasteiger partial charge in [0.05, 0.1) is 7.11 Å². The van der Waals surface area contributed by atoms with E-state index < -0.39 is 0 Å². The molecule has 0 aromatic heterocycles. The van der Waals surface area contributed by atoms with Gasteiger partial charge >= 0.3 is 5.97 Å². The first-order valence-corrected chi connectivity index (χ1v) is 8.81. The van der Waals surface area contributed by atoms with Gasteiger partial charge in [-0.2, -0.15) is 0 Å². The zero-order chi connectivity index (χ0) is 15.1. The van der Waals surface area contributed by atoms with Crippen LogP contribution >= 0.6 is 0 Å². The highest BCUT2D eigenvalue weighted by Gasteiger charge is 2.19. The largest absolute Gasteiger partial charge is 0.469 e. The number of ether oxygens (including phenoxy) is 1. The van der Waals surface area contributed by atoms with E-state index in [4.69, 9.17) is 0 Å². The third kappa shape index (κ3) is 15.5. The summed E-state index contributed by atoms with van der Waals surface area (Å²) >= 11 is 0. The Bertz CT molecular complexity index is 209. The van der Waals surface area contributed by atoms with Crippen molar-refractivity contribution in [3.8, 4) is 0 Å². The Morgan fingerprint density at radius 3 is 1.95 bits per heavy atom. The molecule has 0 aliphatic heterocycles. The molecule has 0 spiro atoms. The number of esters is 1. The summed E-state index contributed by atoms with van der Waals surface area (Å²) < 4.78 is 4.52.